The number of benzene rings is 1. The molecule has 0 unspecified atom stereocenters. The number of imidazole rings is 1. The number of nitrogens with zero attached hydrogens (tertiary/aromatic N) is 5. The number of aromatic nitrogens is 4. The quantitative estimate of drug-likeness (QED) is 0.368. The van der Waals surface area contributed by atoms with Crippen LogP contribution in [0, 0.1) is 0 Å². The van der Waals surface area contributed by atoms with E-state index in [4.69, 9.17) is 9.94 Å². The smallest absolute Gasteiger partial charge is 0.332 e. The predicted molar refractivity (Wildman–Crippen MR) is 95.2 cm³/mol. The molecule has 0 amide bonds. The maximum atomic E-state index is 12.4. The number of aryl methyl sites for hydroxylation is 1. The molecule has 0 aliphatic rings. The molecule has 0 bridgehead atoms. The fraction of sp³-hybridized carbons (Fsp3) is 0.250. The zero-order valence-corrected chi connectivity index (χ0v) is 14.3. The molecule has 2 aromatic heterocycles. The van der Waals surface area contributed by atoms with Gasteiger partial charge in [0.2, 0.25) is 0 Å². The first-order valence-electron chi connectivity index (χ1n) is 7.79. The largest absolute Gasteiger partial charge is 0.492 e. The van der Waals surface area contributed by atoms with Gasteiger partial charge in [-0.25, -0.2) is 14.8 Å². The van der Waals surface area contributed by atoms with Gasteiger partial charge in [0.15, 0.2) is 11.2 Å². The number of hydrogen-bond donors (Lipinski definition) is 2. The Hall–Kier alpha value is -3.40. The van der Waals surface area contributed by atoms with E-state index < -0.39 is 5.69 Å². The molecule has 10 nitrogen and oxygen atoms in total. The minimum absolute atomic E-state index is 0.318. The lowest BCUT2D eigenvalue weighted by Crippen LogP contribution is -2.37. The first-order chi connectivity index (χ1) is 12.5. The Morgan fingerprint density at radius 2 is 1.96 bits per heavy atom. The fourth-order valence-corrected chi connectivity index (χ4v) is 2.56. The van der Waals surface area contributed by atoms with Gasteiger partial charge in [0.05, 0.1) is 18.6 Å². The third-order valence-corrected chi connectivity index (χ3v) is 3.93. The van der Waals surface area contributed by atoms with Crippen molar-refractivity contribution in [1.82, 2.24) is 24.2 Å². The van der Waals surface area contributed by atoms with Gasteiger partial charge in [0.25, 0.3) is 5.56 Å². The number of hydroxylamine groups is 1. The van der Waals surface area contributed by atoms with Gasteiger partial charge in [-0.1, -0.05) is 0 Å². The molecular formula is C16H18N6O4. The summed E-state index contributed by atoms with van der Waals surface area (Å²) in [6.45, 7) is 0.719. The van der Waals surface area contributed by atoms with Crippen LogP contribution in [0.3, 0.4) is 0 Å². The summed E-state index contributed by atoms with van der Waals surface area (Å²) in [6, 6.07) is 6.97. The lowest BCUT2D eigenvalue weighted by atomic mass is 10.3. The zero-order chi connectivity index (χ0) is 18.7. The van der Waals surface area contributed by atoms with Crippen molar-refractivity contribution >= 4 is 23.2 Å². The van der Waals surface area contributed by atoms with Crippen LogP contribution in [0.15, 0.2) is 45.2 Å². The minimum Gasteiger partial charge on any atom is -0.492 e. The van der Waals surface area contributed by atoms with Crippen LogP contribution in [0.2, 0.25) is 0 Å². The van der Waals surface area contributed by atoms with E-state index in [2.05, 4.69) is 9.98 Å². The third kappa shape index (κ3) is 3.22. The lowest BCUT2D eigenvalue weighted by molar-refractivity contribution is 0.240. The van der Waals surface area contributed by atoms with Crippen molar-refractivity contribution in [3.8, 4) is 5.75 Å². The summed E-state index contributed by atoms with van der Waals surface area (Å²) in [7, 11) is 3.02. The molecule has 1 aromatic carbocycles. The summed E-state index contributed by atoms with van der Waals surface area (Å²) < 4.78 is 9.74. The number of fused-ring (bicyclic) bond motifs is 1. The van der Waals surface area contributed by atoms with E-state index in [1.807, 2.05) is 5.48 Å². The van der Waals surface area contributed by atoms with E-state index in [9.17, 15) is 9.59 Å². The Morgan fingerprint density at radius 3 is 2.65 bits per heavy atom. The minimum atomic E-state index is -0.414. The molecule has 10 heteroatoms. The van der Waals surface area contributed by atoms with Gasteiger partial charge < -0.3 is 9.30 Å². The summed E-state index contributed by atoms with van der Waals surface area (Å²) in [4.78, 5) is 32.4. The molecule has 0 atom stereocenters. The van der Waals surface area contributed by atoms with Gasteiger partial charge in [-0.15, -0.1) is 0 Å². The van der Waals surface area contributed by atoms with Crippen LogP contribution >= 0.6 is 0 Å². The number of aliphatic imine (C=N–C) groups is 1. The van der Waals surface area contributed by atoms with Crippen LogP contribution in [-0.4, -0.2) is 36.8 Å². The van der Waals surface area contributed by atoms with Crippen molar-refractivity contribution < 1.29 is 9.94 Å². The topological polar surface area (TPSA) is 116 Å². The number of ether oxygens (including phenoxy) is 1. The second-order valence-electron chi connectivity index (χ2n) is 5.55. The summed E-state index contributed by atoms with van der Waals surface area (Å²) in [5.74, 6) is 0.644. The highest BCUT2D eigenvalue weighted by atomic mass is 16.5. The third-order valence-electron chi connectivity index (χ3n) is 3.93. The van der Waals surface area contributed by atoms with Crippen LogP contribution < -0.4 is 21.5 Å². The molecule has 0 saturated heterocycles. The van der Waals surface area contributed by atoms with E-state index >= 15 is 0 Å². The van der Waals surface area contributed by atoms with E-state index in [1.165, 1.54) is 17.9 Å². The molecule has 0 aliphatic heterocycles. The number of hydrogen-bond acceptors (Lipinski definition) is 6. The van der Waals surface area contributed by atoms with E-state index in [1.54, 1.807) is 35.9 Å². The molecule has 26 heavy (non-hydrogen) atoms. The molecule has 3 rings (SSSR count). The van der Waals surface area contributed by atoms with Crippen molar-refractivity contribution in [3.63, 3.8) is 0 Å². The second kappa shape index (κ2) is 7.23. The van der Waals surface area contributed by atoms with E-state index in [0.717, 1.165) is 10.9 Å². The highest BCUT2D eigenvalue weighted by Crippen LogP contribution is 2.17. The molecule has 0 spiro atoms. The first-order valence-corrected chi connectivity index (χ1v) is 7.79. The van der Waals surface area contributed by atoms with Gasteiger partial charge >= 0.3 is 5.69 Å². The Morgan fingerprint density at radius 1 is 1.23 bits per heavy atom. The van der Waals surface area contributed by atoms with E-state index in [0.29, 0.717) is 35.8 Å². The molecule has 2 N–H and O–H groups in total. The first kappa shape index (κ1) is 17.4. The highest BCUT2D eigenvalue weighted by molar-refractivity contribution is 5.69. The van der Waals surface area contributed by atoms with Crippen LogP contribution in [0.5, 0.6) is 5.75 Å². The van der Waals surface area contributed by atoms with Crippen molar-refractivity contribution in [2.75, 3.05) is 6.61 Å². The van der Waals surface area contributed by atoms with Gasteiger partial charge in [-0.05, 0) is 24.3 Å². The van der Waals surface area contributed by atoms with Gasteiger partial charge in [0.1, 0.15) is 18.7 Å². The molecule has 3 aromatic rings. The SMILES string of the molecule is Cn1c(=O)c2c(ncn2CCOc2ccc(N=CNO)cc2)n(C)c1=O. The van der Waals surface area contributed by atoms with Gasteiger partial charge in [0, 0.05) is 14.1 Å². The average molecular weight is 358 g/mol. The Balaban J connectivity index is 1.74. The van der Waals surface area contributed by atoms with Gasteiger partial charge in [-0.2, -0.15) is 0 Å². The summed E-state index contributed by atoms with van der Waals surface area (Å²) in [6.07, 6.45) is 2.68. The number of rotatable bonds is 6. The molecular weight excluding hydrogens is 340 g/mol. The zero-order valence-electron chi connectivity index (χ0n) is 14.3. The average Bonchev–Trinajstić information content (AvgIpc) is 3.08. The molecule has 0 radical (unpaired) electrons. The second-order valence-corrected chi connectivity index (χ2v) is 5.55. The molecule has 2 heterocycles. The summed E-state index contributed by atoms with van der Waals surface area (Å²) in [5, 5.41) is 8.46. The fourth-order valence-electron chi connectivity index (χ4n) is 2.56. The van der Waals surface area contributed by atoms with E-state index in [-0.39, 0.29) is 5.56 Å². The van der Waals surface area contributed by atoms with Crippen molar-refractivity contribution in [3.05, 3.63) is 51.4 Å². The summed E-state index contributed by atoms with van der Waals surface area (Å²) in [5.41, 5.74) is 2.39. The molecule has 0 fully saturated rings. The van der Waals surface area contributed by atoms with Crippen molar-refractivity contribution in [1.29, 1.82) is 0 Å². The maximum Gasteiger partial charge on any atom is 0.332 e. The summed E-state index contributed by atoms with van der Waals surface area (Å²) >= 11 is 0. The Bertz CT molecular complexity index is 1060. The van der Waals surface area contributed by atoms with Crippen LogP contribution in [-0.2, 0) is 20.6 Å². The van der Waals surface area contributed by atoms with Crippen LogP contribution in [0.4, 0.5) is 5.69 Å². The Kier molecular flexibility index (Phi) is 4.85. The van der Waals surface area contributed by atoms with Crippen LogP contribution in [0.1, 0.15) is 0 Å². The van der Waals surface area contributed by atoms with Gasteiger partial charge in [-0.3, -0.25) is 24.6 Å². The van der Waals surface area contributed by atoms with Crippen LogP contribution in [0.25, 0.3) is 11.2 Å². The number of nitrogens with one attached hydrogen (secondary N) is 1. The molecule has 0 saturated carbocycles. The standard InChI is InChI=1S/C16H18N6O4/c1-20-14-13(15(23)21(2)16(20)24)22(10-18-14)7-8-26-12-5-3-11(4-6-12)17-9-19-25/h3-6,9-10,25H,7-8H2,1-2H3,(H,17,19). The Labute approximate surface area is 147 Å². The van der Waals surface area contributed by atoms with Crippen molar-refractivity contribution in [2.45, 2.75) is 6.54 Å². The highest BCUT2D eigenvalue weighted by Gasteiger charge is 2.13. The van der Waals surface area contributed by atoms with Crippen molar-refractivity contribution in [2.24, 2.45) is 19.1 Å². The maximum absolute atomic E-state index is 12.4. The normalized spacial score (nSPS) is 11.3. The monoisotopic (exact) mass is 358 g/mol. The predicted octanol–water partition coefficient (Wildman–Crippen LogP) is 0.151. The molecule has 136 valence electrons. The lowest BCUT2D eigenvalue weighted by Gasteiger charge is -2.08. The molecule has 0 aliphatic carbocycles.